The average molecular weight is 235 g/mol. The molecular formula is C14H23N2O+. The van der Waals surface area contributed by atoms with Crippen LogP contribution in [0.1, 0.15) is 30.5 Å². The fourth-order valence-corrected chi connectivity index (χ4v) is 2.13. The van der Waals surface area contributed by atoms with E-state index in [1.807, 2.05) is 0 Å². The number of aryl methyl sites for hydroxylation is 2. The Hall–Kier alpha value is -1.35. The zero-order valence-corrected chi connectivity index (χ0v) is 11.2. The average Bonchev–Trinajstić information content (AvgIpc) is 2.13. The van der Waals surface area contributed by atoms with Gasteiger partial charge in [-0.05, 0) is 27.7 Å². The van der Waals surface area contributed by atoms with Crippen LogP contribution in [0.4, 0.5) is 0 Å². The summed E-state index contributed by atoms with van der Waals surface area (Å²) in [5, 5.41) is 0. The van der Waals surface area contributed by atoms with Crippen LogP contribution in [0.15, 0.2) is 18.2 Å². The highest BCUT2D eigenvalue weighted by molar-refractivity contribution is 5.74. The summed E-state index contributed by atoms with van der Waals surface area (Å²) in [4.78, 5) is 12.3. The Morgan fingerprint density at radius 2 is 1.76 bits per heavy atom. The molecule has 3 nitrogen and oxygen atoms in total. The molecule has 17 heavy (non-hydrogen) atoms. The molecule has 0 fully saturated rings. The number of benzene rings is 1. The second-order valence-electron chi connectivity index (χ2n) is 5.13. The zero-order valence-electron chi connectivity index (χ0n) is 11.2. The fourth-order valence-electron chi connectivity index (χ4n) is 2.13. The van der Waals surface area contributed by atoms with Crippen LogP contribution in [0.2, 0.25) is 0 Å². The maximum atomic E-state index is 11.0. The molecule has 0 saturated carbocycles. The van der Waals surface area contributed by atoms with Gasteiger partial charge in [-0.2, -0.15) is 0 Å². The predicted molar refractivity (Wildman–Crippen MR) is 69.8 cm³/mol. The first-order valence-electron chi connectivity index (χ1n) is 6.08. The molecule has 0 aliphatic carbocycles. The number of nitrogens with two attached hydrogens (primary N) is 1. The molecule has 0 aliphatic heterocycles. The third-order valence-electron chi connectivity index (χ3n) is 2.93. The number of primary amides is 1. The Morgan fingerprint density at radius 1 is 1.24 bits per heavy atom. The van der Waals surface area contributed by atoms with Crippen molar-refractivity contribution in [2.24, 2.45) is 5.73 Å². The summed E-state index contributed by atoms with van der Waals surface area (Å²) < 4.78 is 0. The Balaban J connectivity index is 2.81. The molecule has 1 atom stereocenters. The number of hydrogen-bond donors (Lipinski definition) is 2. The second kappa shape index (κ2) is 5.82. The topological polar surface area (TPSA) is 47.5 Å². The van der Waals surface area contributed by atoms with Crippen molar-refractivity contribution in [2.75, 3.05) is 6.54 Å². The van der Waals surface area contributed by atoms with Gasteiger partial charge in [-0.25, -0.2) is 0 Å². The number of carbonyl (C=O) groups excluding carboxylic acids is 1. The molecule has 0 spiro atoms. The molecule has 1 amide bonds. The third kappa shape index (κ3) is 4.57. The number of hydrogen-bond acceptors (Lipinski definition) is 1. The molecule has 0 saturated heterocycles. The number of quaternary nitrogens is 1. The van der Waals surface area contributed by atoms with Crippen LogP contribution < -0.4 is 10.6 Å². The lowest BCUT2D eigenvalue weighted by Crippen LogP contribution is -3.14. The van der Waals surface area contributed by atoms with Gasteiger partial charge in [0, 0.05) is 5.56 Å². The van der Waals surface area contributed by atoms with E-state index in [1.165, 1.54) is 21.6 Å². The molecule has 0 aromatic heterocycles. The van der Waals surface area contributed by atoms with Crippen molar-refractivity contribution >= 4 is 5.91 Å². The highest BCUT2D eigenvalue weighted by Gasteiger charge is 2.16. The van der Waals surface area contributed by atoms with E-state index in [0.29, 0.717) is 12.6 Å². The van der Waals surface area contributed by atoms with Gasteiger partial charge in [-0.3, -0.25) is 4.79 Å². The van der Waals surface area contributed by atoms with Crippen molar-refractivity contribution in [2.45, 2.75) is 40.3 Å². The first-order chi connectivity index (χ1) is 7.88. The molecule has 1 aromatic carbocycles. The summed E-state index contributed by atoms with van der Waals surface area (Å²) >= 11 is 0. The minimum Gasteiger partial charge on any atom is -0.365 e. The van der Waals surface area contributed by atoms with Gasteiger partial charge in [0.2, 0.25) is 0 Å². The zero-order chi connectivity index (χ0) is 13.0. The van der Waals surface area contributed by atoms with Gasteiger partial charge in [-0.15, -0.1) is 0 Å². The van der Waals surface area contributed by atoms with Crippen LogP contribution in [0.5, 0.6) is 0 Å². The summed E-state index contributed by atoms with van der Waals surface area (Å²) in [6.07, 6.45) is 0. The SMILES string of the molecule is Cc1cc(C)cc(C[NH+](CC(N)=O)C(C)C)c1. The summed E-state index contributed by atoms with van der Waals surface area (Å²) in [5.41, 5.74) is 9.09. The summed E-state index contributed by atoms with van der Waals surface area (Å²) in [6, 6.07) is 6.91. The molecule has 0 radical (unpaired) electrons. The minimum atomic E-state index is -0.238. The number of nitrogens with one attached hydrogen (secondary N) is 1. The number of carbonyl (C=O) groups is 1. The summed E-state index contributed by atoms with van der Waals surface area (Å²) in [5.74, 6) is -0.238. The molecule has 0 aliphatic rings. The van der Waals surface area contributed by atoms with Gasteiger partial charge in [-0.1, -0.05) is 29.3 Å². The lowest BCUT2D eigenvalue weighted by atomic mass is 10.1. The van der Waals surface area contributed by atoms with Crippen LogP contribution >= 0.6 is 0 Å². The third-order valence-corrected chi connectivity index (χ3v) is 2.93. The lowest BCUT2D eigenvalue weighted by molar-refractivity contribution is -0.927. The maximum absolute atomic E-state index is 11.0. The van der Waals surface area contributed by atoms with Crippen molar-refractivity contribution in [3.8, 4) is 0 Å². The maximum Gasteiger partial charge on any atom is 0.272 e. The smallest absolute Gasteiger partial charge is 0.272 e. The lowest BCUT2D eigenvalue weighted by Gasteiger charge is -2.22. The van der Waals surface area contributed by atoms with Gasteiger partial charge in [0.05, 0.1) is 6.04 Å². The van der Waals surface area contributed by atoms with E-state index in [-0.39, 0.29) is 5.91 Å². The van der Waals surface area contributed by atoms with E-state index < -0.39 is 0 Å². The van der Waals surface area contributed by atoms with E-state index in [0.717, 1.165) is 6.54 Å². The molecule has 0 bridgehead atoms. The van der Waals surface area contributed by atoms with E-state index >= 15 is 0 Å². The first kappa shape index (κ1) is 13.7. The van der Waals surface area contributed by atoms with Crippen LogP contribution in [0, 0.1) is 13.8 Å². The standard InChI is InChI=1S/C14H22N2O/c1-10(2)16(9-14(15)17)8-13-6-11(3)5-12(4)7-13/h5-7,10H,8-9H2,1-4H3,(H2,15,17)/p+1. The Bertz CT molecular complexity index is 379. The molecule has 0 heterocycles. The fraction of sp³-hybridized carbons (Fsp3) is 0.500. The van der Waals surface area contributed by atoms with Gasteiger partial charge < -0.3 is 10.6 Å². The quantitative estimate of drug-likeness (QED) is 0.770. The molecule has 94 valence electrons. The highest BCUT2D eigenvalue weighted by Crippen LogP contribution is 2.07. The van der Waals surface area contributed by atoms with Crippen molar-refractivity contribution in [3.05, 3.63) is 34.9 Å². The van der Waals surface area contributed by atoms with Gasteiger partial charge >= 0.3 is 0 Å². The monoisotopic (exact) mass is 235 g/mol. The van der Waals surface area contributed by atoms with E-state index in [9.17, 15) is 4.79 Å². The first-order valence-corrected chi connectivity index (χ1v) is 6.08. The number of amides is 1. The largest absolute Gasteiger partial charge is 0.365 e. The van der Waals surface area contributed by atoms with Gasteiger partial charge in [0.15, 0.2) is 6.54 Å². The van der Waals surface area contributed by atoms with E-state index in [2.05, 4.69) is 45.9 Å². The molecule has 3 N–H and O–H groups in total. The van der Waals surface area contributed by atoms with Gasteiger partial charge in [0.25, 0.3) is 5.91 Å². The van der Waals surface area contributed by atoms with Crippen LogP contribution in [0.3, 0.4) is 0 Å². The second-order valence-corrected chi connectivity index (χ2v) is 5.13. The van der Waals surface area contributed by atoms with Crippen molar-refractivity contribution in [1.82, 2.24) is 0 Å². The molecule has 1 unspecified atom stereocenters. The Morgan fingerprint density at radius 3 is 2.18 bits per heavy atom. The van der Waals surface area contributed by atoms with Crippen molar-refractivity contribution in [3.63, 3.8) is 0 Å². The van der Waals surface area contributed by atoms with Crippen molar-refractivity contribution < 1.29 is 9.69 Å². The number of rotatable bonds is 5. The summed E-state index contributed by atoms with van der Waals surface area (Å²) in [6.45, 7) is 9.66. The Labute approximate surface area is 104 Å². The van der Waals surface area contributed by atoms with E-state index in [4.69, 9.17) is 5.73 Å². The molecular weight excluding hydrogens is 212 g/mol. The van der Waals surface area contributed by atoms with Crippen LogP contribution in [0.25, 0.3) is 0 Å². The van der Waals surface area contributed by atoms with Crippen LogP contribution in [-0.4, -0.2) is 18.5 Å². The molecule has 1 rings (SSSR count). The Kier molecular flexibility index (Phi) is 4.70. The predicted octanol–water partition coefficient (Wildman–Crippen LogP) is 0.582. The van der Waals surface area contributed by atoms with Crippen molar-refractivity contribution in [1.29, 1.82) is 0 Å². The van der Waals surface area contributed by atoms with Crippen LogP contribution in [-0.2, 0) is 11.3 Å². The van der Waals surface area contributed by atoms with E-state index in [1.54, 1.807) is 0 Å². The molecule has 3 heteroatoms. The minimum absolute atomic E-state index is 0.238. The highest BCUT2D eigenvalue weighted by atomic mass is 16.1. The van der Waals surface area contributed by atoms with Gasteiger partial charge in [0.1, 0.15) is 6.54 Å². The normalized spacial score (nSPS) is 12.8. The molecule has 1 aromatic rings. The summed E-state index contributed by atoms with van der Waals surface area (Å²) in [7, 11) is 0.